The summed E-state index contributed by atoms with van der Waals surface area (Å²) in [6.07, 6.45) is 0. The standard InChI is InChI=1S/C12H18ClN/c1-9-5-10(2)12(11(3)6-9)7-14(4)8-13/h5-6H,7-8H2,1-4H3. The summed E-state index contributed by atoms with van der Waals surface area (Å²) in [6, 6.07) is 5.03. The van der Waals surface area contributed by atoms with Crippen LogP contribution in [0.2, 0.25) is 0 Å². The van der Waals surface area contributed by atoms with Crippen LogP contribution in [0.4, 0.5) is 0 Å². The highest BCUT2D eigenvalue weighted by molar-refractivity contribution is 6.17. The van der Waals surface area contributed by atoms with E-state index in [2.05, 4.69) is 37.8 Å². The normalized spacial score (nSPS) is 11.0. The summed E-state index contributed by atoms with van der Waals surface area (Å²) in [5.41, 5.74) is 5.45. The van der Waals surface area contributed by atoms with Gasteiger partial charge in [0.25, 0.3) is 0 Å². The summed E-state index contributed by atoms with van der Waals surface area (Å²) < 4.78 is 0. The largest absolute Gasteiger partial charge is 0.289 e. The van der Waals surface area contributed by atoms with Gasteiger partial charge in [0, 0.05) is 6.54 Å². The molecule has 1 rings (SSSR count). The fourth-order valence-corrected chi connectivity index (χ4v) is 1.86. The molecule has 0 aliphatic heterocycles. The van der Waals surface area contributed by atoms with Gasteiger partial charge in [-0.15, -0.1) is 11.6 Å². The van der Waals surface area contributed by atoms with Gasteiger partial charge in [0.05, 0.1) is 6.00 Å². The number of halogens is 1. The highest BCUT2D eigenvalue weighted by Gasteiger charge is 2.05. The molecule has 0 unspecified atom stereocenters. The van der Waals surface area contributed by atoms with E-state index < -0.39 is 0 Å². The molecule has 0 N–H and O–H groups in total. The van der Waals surface area contributed by atoms with Crippen LogP contribution in [0, 0.1) is 20.8 Å². The number of hydrogen-bond acceptors (Lipinski definition) is 1. The lowest BCUT2D eigenvalue weighted by Gasteiger charge is -2.17. The number of alkyl halides is 1. The summed E-state index contributed by atoms with van der Waals surface area (Å²) >= 11 is 5.76. The van der Waals surface area contributed by atoms with E-state index in [9.17, 15) is 0 Å². The molecule has 2 heteroatoms. The smallest absolute Gasteiger partial charge is 0.0738 e. The second-order valence-corrected chi connectivity index (χ2v) is 4.25. The van der Waals surface area contributed by atoms with Gasteiger partial charge in [0.1, 0.15) is 0 Å². The minimum atomic E-state index is 0.576. The van der Waals surface area contributed by atoms with E-state index in [-0.39, 0.29) is 0 Å². The Labute approximate surface area is 91.7 Å². The lowest BCUT2D eigenvalue weighted by Crippen LogP contribution is -2.17. The number of rotatable bonds is 3. The Bertz CT molecular complexity index is 297. The molecule has 0 atom stereocenters. The van der Waals surface area contributed by atoms with E-state index in [0.29, 0.717) is 6.00 Å². The van der Waals surface area contributed by atoms with Gasteiger partial charge in [0.2, 0.25) is 0 Å². The Balaban J connectivity index is 2.96. The molecule has 0 aromatic heterocycles. The molecular formula is C12H18ClN. The number of aryl methyl sites for hydroxylation is 3. The number of benzene rings is 1. The van der Waals surface area contributed by atoms with Gasteiger partial charge in [-0.1, -0.05) is 17.7 Å². The topological polar surface area (TPSA) is 3.24 Å². The molecular weight excluding hydrogens is 194 g/mol. The van der Waals surface area contributed by atoms with E-state index in [1.165, 1.54) is 22.3 Å². The van der Waals surface area contributed by atoms with Crippen LogP contribution in [0.15, 0.2) is 12.1 Å². The summed E-state index contributed by atoms with van der Waals surface area (Å²) in [6.45, 7) is 7.39. The van der Waals surface area contributed by atoms with Crippen molar-refractivity contribution in [1.82, 2.24) is 4.90 Å². The summed E-state index contributed by atoms with van der Waals surface area (Å²) in [5.74, 6) is 0. The quantitative estimate of drug-likeness (QED) is 0.548. The maximum absolute atomic E-state index is 5.76. The fraction of sp³-hybridized carbons (Fsp3) is 0.500. The van der Waals surface area contributed by atoms with E-state index >= 15 is 0 Å². The van der Waals surface area contributed by atoms with Gasteiger partial charge in [-0.2, -0.15) is 0 Å². The van der Waals surface area contributed by atoms with Gasteiger partial charge in [-0.3, -0.25) is 4.90 Å². The molecule has 1 aromatic rings. The molecule has 0 radical (unpaired) electrons. The average Bonchev–Trinajstić information content (AvgIpc) is 2.10. The van der Waals surface area contributed by atoms with Crippen LogP contribution in [-0.4, -0.2) is 18.0 Å². The summed E-state index contributed by atoms with van der Waals surface area (Å²) in [4.78, 5) is 2.10. The van der Waals surface area contributed by atoms with Crippen LogP contribution >= 0.6 is 11.6 Å². The van der Waals surface area contributed by atoms with Crippen LogP contribution in [0.1, 0.15) is 22.3 Å². The Morgan fingerprint density at radius 2 is 1.64 bits per heavy atom. The van der Waals surface area contributed by atoms with Gasteiger partial charge in [-0.25, -0.2) is 0 Å². The highest BCUT2D eigenvalue weighted by atomic mass is 35.5. The third-order valence-corrected chi connectivity index (χ3v) is 2.88. The second-order valence-electron chi connectivity index (χ2n) is 4.01. The molecule has 0 fully saturated rings. The van der Waals surface area contributed by atoms with Crippen molar-refractivity contribution in [2.45, 2.75) is 27.3 Å². The Morgan fingerprint density at radius 3 is 2.07 bits per heavy atom. The van der Waals surface area contributed by atoms with Crippen LogP contribution in [-0.2, 0) is 6.54 Å². The van der Waals surface area contributed by atoms with Crippen molar-refractivity contribution in [2.24, 2.45) is 0 Å². The maximum atomic E-state index is 5.76. The fourth-order valence-electron chi connectivity index (χ4n) is 1.77. The van der Waals surface area contributed by atoms with Gasteiger partial charge in [-0.05, 0) is 44.5 Å². The zero-order valence-electron chi connectivity index (χ0n) is 9.39. The Kier molecular flexibility index (Phi) is 3.97. The SMILES string of the molecule is Cc1cc(C)c(CN(C)CCl)c(C)c1. The molecule has 1 aromatic carbocycles. The maximum Gasteiger partial charge on any atom is 0.0738 e. The van der Waals surface area contributed by atoms with Crippen molar-refractivity contribution in [3.05, 3.63) is 34.4 Å². The van der Waals surface area contributed by atoms with Gasteiger partial charge >= 0.3 is 0 Å². The van der Waals surface area contributed by atoms with Crippen LogP contribution in [0.3, 0.4) is 0 Å². The van der Waals surface area contributed by atoms with Gasteiger partial charge < -0.3 is 0 Å². The van der Waals surface area contributed by atoms with Crippen molar-refractivity contribution < 1.29 is 0 Å². The Hall–Kier alpha value is -0.530. The molecule has 1 nitrogen and oxygen atoms in total. The highest BCUT2D eigenvalue weighted by Crippen LogP contribution is 2.17. The molecule has 0 amide bonds. The van der Waals surface area contributed by atoms with Crippen molar-refractivity contribution in [3.63, 3.8) is 0 Å². The number of hydrogen-bond donors (Lipinski definition) is 0. The first-order valence-corrected chi connectivity index (χ1v) is 5.39. The van der Waals surface area contributed by atoms with E-state index in [1.54, 1.807) is 0 Å². The minimum absolute atomic E-state index is 0.576. The molecule has 0 saturated carbocycles. The van der Waals surface area contributed by atoms with Crippen LogP contribution in [0.5, 0.6) is 0 Å². The molecule has 0 bridgehead atoms. The second kappa shape index (κ2) is 4.81. The van der Waals surface area contributed by atoms with Crippen LogP contribution in [0.25, 0.3) is 0 Å². The zero-order valence-corrected chi connectivity index (χ0v) is 10.2. The lowest BCUT2D eigenvalue weighted by molar-refractivity contribution is 0.380. The first kappa shape index (κ1) is 11.5. The van der Waals surface area contributed by atoms with Crippen LogP contribution < -0.4 is 0 Å². The van der Waals surface area contributed by atoms with E-state index in [1.807, 2.05) is 7.05 Å². The third kappa shape index (κ3) is 2.73. The molecule has 0 aliphatic carbocycles. The van der Waals surface area contributed by atoms with Gasteiger partial charge in [0.15, 0.2) is 0 Å². The van der Waals surface area contributed by atoms with Crippen molar-refractivity contribution in [1.29, 1.82) is 0 Å². The summed E-state index contributed by atoms with van der Waals surface area (Å²) in [7, 11) is 2.03. The van der Waals surface area contributed by atoms with Crippen molar-refractivity contribution in [2.75, 3.05) is 13.1 Å². The van der Waals surface area contributed by atoms with E-state index in [4.69, 9.17) is 11.6 Å². The molecule has 78 valence electrons. The first-order chi connectivity index (χ1) is 6.54. The monoisotopic (exact) mass is 211 g/mol. The number of nitrogens with zero attached hydrogens (tertiary/aromatic N) is 1. The average molecular weight is 212 g/mol. The molecule has 0 heterocycles. The lowest BCUT2D eigenvalue weighted by atomic mass is 10.00. The minimum Gasteiger partial charge on any atom is -0.289 e. The predicted molar refractivity (Wildman–Crippen MR) is 62.8 cm³/mol. The van der Waals surface area contributed by atoms with Crippen molar-refractivity contribution in [3.8, 4) is 0 Å². The van der Waals surface area contributed by atoms with E-state index in [0.717, 1.165) is 6.54 Å². The zero-order chi connectivity index (χ0) is 10.7. The molecule has 0 spiro atoms. The third-order valence-electron chi connectivity index (χ3n) is 2.47. The molecule has 0 aliphatic rings. The first-order valence-electron chi connectivity index (χ1n) is 4.86. The molecule has 14 heavy (non-hydrogen) atoms. The molecule has 0 saturated heterocycles. The Morgan fingerprint density at radius 1 is 1.14 bits per heavy atom. The summed E-state index contributed by atoms with van der Waals surface area (Å²) in [5, 5.41) is 0. The van der Waals surface area contributed by atoms with Crippen molar-refractivity contribution >= 4 is 11.6 Å². The predicted octanol–water partition coefficient (Wildman–Crippen LogP) is 3.24.